The lowest BCUT2D eigenvalue weighted by molar-refractivity contribution is 0.0893. The van der Waals surface area contributed by atoms with E-state index >= 15 is 0 Å². The van der Waals surface area contributed by atoms with Crippen molar-refractivity contribution in [2.75, 3.05) is 33.2 Å². The third kappa shape index (κ3) is 4.04. The van der Waals surface area contributed by atoms with Crippen LogP contribution in [0.5, 0.6) is 0 Å². The molecule has 1 aliphatic rings. The van der Waals surface area contributed by atoms with Gasteiger partial charge in [-0.2, -0.15) is 0 Å². The molecule has 104 valence electrons. The van der Waals surface area contributed by atoms with Gasteiger partial charge in [0, 0.05) is 32.1 Å². The normalized spacial score (nSPS) is 21.4. The maximum atomic E-state index is 7.31. The van der Waals surface area contributed by atoms with Crippen molar-refractivity contribution in [3.8, 4) is 0 Å². The Bertz CT molecular complexity index is 404. The second-order valence-corrected chi connectivity index (χ2v) is 5.35. The van der Waals surface area contributed by atoms with Gasteiger partial charge in [-0.1, -0.05) is 30.3 Å². The van der Waals surface area contributed by atoms with Crippen LogP contribution < -0.4 is 5.73 Å². The Morgan fingerprint density at radius 2 is 2.05 bits per heavy atom. The molecule has 1 fully saturated rings. The summed E-state index contributed by atoms with van der Waals surface area (Å²) in [5, 5.41) is 7.31. The number of hydrogen-bond acceptors (Lipinski definition) is 3. The van der Waals surface area contributed by atoms with E-state index in [1.807, 2.05) is 0 Å². The number of nitrogens with two attached hydrogens (primary N) is 1. The standard InChI is InChI=1S/C15H24N4/c1-18-10-11-19(9-5-8-15(16)17)14(12-18)13-6-3-2-4-7-13/h2-4,6-7,14H,5,8-12H2,1H3,(H3,16,17). The van der Waals surface area contributed by atoms with E-state index in [1.54, 1.807) is 0 Å². The highest BCUT2D eigenvalue weighted by Gasteiger charge is 2.25. The van der Waals surface area contributed by atoms with Crippen molar-refractivity contribution < 1.29 is 0 Å². The first-order valence-corrected chi connectivity index (χ1v) is 6.97. The van der Waals surface area contributed by atoms with Gasteiger partial charge >= 0.3 is 0 Å². The summed E-state index contributed by atoms with van der Waals surface area (Å²) in [6.07, 6.45) is 1.68. The van der Waals surface area contributed by atoms with Gasteiger partial charge in [0.15, 0.2) is 0 Å². The van der Waals surface area contributed by atoms with E-state index < -0.39 is 0 Å². The third-order valence-corrected chi connectivity index (χ3v) is 3.77. The van der Waals surface area contributed by atoms with E-state index in [-0.39, 0.29) is 0 Å². The average molecular weight is 260 g/mol. The zero-order chi connectivity index (χ0) is 13.7. The number of piperazine rings is 1. The van der Waals surface area contributed by atoms with Gasteiger partial charge in [-0.15, -0.1) is 0 Å². The van der Waals surface area contributed by atoms with Crippen LogP contribution >= 0.6 is 0 Å². The number of hydrogen-bond donors (Lipinski definition) is 2. The number of likely N-dealkylation sites (N-methyl/N-ethyl adjacent to an activating group) is 1. The molecule has 0 amide bonds. The highest BCUT2D eigenvalue weighted by Crippen LogP contribution is 2.24. The van der Waals surface area contributed by atoms with E-state index in [4.69, 9.17) is 11.1 Å². The Hall–Kier alpha value is -1.39. The lowest BCUT2D eigenvalue weighted by Gasteiger charge is -2.40. The van der Waals surface area contributed by atoms with Gasteiger partial charge in [0.25, 0.3) is 0 Å². The topological polar surface area (TPSA) is 56.4 Å². The number of amidine groups is 1. The van der Waals surface area contributed by atoms with Gasteiger partial charge in [-0.05, 0) is 25.6 Å². The fraction of sp³-hybridized carbons (Fsp3) is 0.533. The van der Waals surface area contributed by atoms with E-state index in [2.05, 4.69) is 47.2 Å². The molecule has 1 unspecified atom stereocenters. The van der Waals surface area contributed by atoms with Crippen molar-refractivity contribution in [1.29, 1.82) is 5.41 Å². The molecule has 3 N–H and O–H groups in total. The van der Waals surface area contributed by atoms with Crippen LogP contribution in [0.4, 0.5) is 0 Å². The van der Waals surface area contributed by atoms with Crippen LogP contribution in [0.25, 0.3) is 0 Å². The second-order valence-electron chi connectivity index (χ2n) is 5.35. The van der Waals surface area contributed by atoms with Crippen molar-refractivity contribution in [3.05, 3.63) is 35.9 Å². The lowest BCUT2D eigenvalue weighted by atomic mass is 10.0. The van der Waals surface area contributed by atoms with Crippen LogP contribution in [-0.2, 0) is 0 Å². The summed E-state index contributed by atoms with van der Waals surface area (Å²) in [6.45, 7) is 4.30. The smallest absolute Gasteiger partial charge is 0.0905 e. The fourth-order valence-corrected chi connectivity index (χ4v) is 2.69. The first-order valence-electron chi connectivity index (χ1n) is 6.97. The summed E-state index contributed by atoms with van der Waals surface area (Å²) >= 11 is 0. The second kappa shape index (κ2) is 6.68. The molecule has 1 aromatic carbocycles. The third-order valence-electron chi connectivity index (χ3n) is 3.77. The lowest BCUT2D eigenvalue weighted by Crippen LogP contribution is -2.47. The van der Waals surface area contributed by atoms with Crippen LogP contribution in [0, 0.1) is 5.41 Å². The minimum Gasteiger partial charge on any atom is -0.388 e. The summed E-state index contributed by atoms with van der Waals surface area (Å²) in [7, 11) is 2.18. The Kier molecular flexibility index (Phi) is 4.93. The largest absolute Gasteiger partial charge is 0.388 e. The molecule has 0 spiro atoms. The zero-order valence-electron chi connectivity index (χ0n) is 11.7. The van der Waals surface area contributed by atoms with Crippen molar-refractivity contribution in [3.63, 3.8) is 0 Å². The summed E-state index contributed by atoms with van der Waals surface area (Å²) in [5.74, 6) is 0.297. The molecule has 0 aromatic heterocycles. The predicted octanol–water partition coefficient (Wildman–Crippen LogP) is 1.69. The molecular weight excluding hydrogens is 236 g/mol. The minimum absolute atomic E-state index is 0.297. The van der Waals surface area contributed by atoms with Gasteiger partial charge in [0.1, 0.15) is 0 Å². The highest BCUT2D eigenvalue weighted by atomic mass is 15.3. The van der Waals surface area contributed by atoms with E-state index in [0.717, 1.165) is 32.6 Å². The van der Waals surface area contributed by atoms with Gasteiger partial charge < -0.3 is 10.6 Å². The van der Waals surface area contributed by atoms with Crippen molar-refractivity contribution in [2.45, 2.75) is 18.9 Å². The molecule has 2 rings (SSSR count). The maximum Gasteiger partial charge on any atom is 0.0905 e. The van der Waals surface area contributed by atoms with Gasteiger partial charge in [-0.25, -0.2) is 0 Å². The number of nitrogens with zero attached hydrogens (tertiary/aromatic N) is 2. The molecule has 1 heterocycles. The molecule has 19 heavy (non-hydrogen) atoms. The van der Waals surface area contributed by atoms with Crippen LogP contribution in [-0.4, -0.2) is 48.9 Å². The Morgan fingerprint density at radius 3 is 2.74 bits per heavy atom. The zero-order valence-corrected chi connectivity index (χ0v) is 11.7. The van der Waals surface area contributed by atoms with Crippen LogP contribution in [0.3, 0.4) is 0 Å². The van der Waals surface area contributed by atoms with Gasteiger partial charge in [0.2, 0.25) is 0 Å². The first kappa shape index (κ1) is 14.0. The molecule has 0 aliphatic carbocycles. The minimum atomic E-state index is 0.297. The average Bonchev–Trinajstić information content (AvgIpc) is 2.41. The van der Waals surface area contributed by atoms with Crippen LogP contribution in [0.2, 0.25) is 0 Å². The first-order chi connectivity index (χ1) is 9.16. The van der Waals surface area contributed by atoms with Gasteiger partial charge in [-0.3, -0.25) is 10.3 Å². The number of benzene rings is 1. The molecule has 1 atom stereocenters. The van der Waals surface area contributed by atoms with E-state index in [0.29, 0.717) is 18.3 Å². The fourth-order valence-electron chi connectivity index (χ4n) is 2.69. The molecule has 1 saturated heterocycles. The molecule has 0 bridgehead atoms. The number of rotatable bonds is 5. The molecule has 0 saturated carbocycles. The summed E-state index contributed by atoms with van der Waals surface area (Å²) in [6, 6.07) is 11.2. The quantitative estimate of drug-likeness (QED) is 0.626. The Morgan fingerprint density at radius 1 is 1.32 bits per heavy atom. The molecule has 0 radical (unpaired) electrons. The summed E-state index contributed by atoms with van der Waals surface area (Å²) < 4.78 is 0. The maximum absolute atomic E-state index is 7.31. The Balaban J connectivity index is 2.00. The Labute approximate surface area is 115 Å². The molecule has 4 nitrogen and oxygen atoms in total. The highest BCUT2D eigenvalue weighted by molar-refractivity contribution is 5.76. The predicted molar refractivity (Wildman–Crippen MR) is 79.4 cm³/mol. The summed E-state index contributed by atoms with van der Waals surface area (Å²) in [5.41, 5.74) is 6.82. The van der Waals surface area contributed by atoms with Gasteiger partial charge in [0.05, 0.1) is 5.84 Å². The van der Waals surface area contributed by atoms with E-state index in [9.17, 15) is 0 Å². The summed E-state index contributed by atoms with van der Waals surface area (Å²) in [4.78, 5) is 4.91. The van der Waals surface area contributed by atoms with E-state index in [1.165, 1.54) is 5.56 Å². The molecule has 1 aromatic rings. The number of nitrogens with one attached hydrogen (secondary N) is 1. The van der Waals surface area contributed by atoms with Crippen molar-refractivity contribution in [2.24, 2.45) is 5.73 Å². The van der Waals surface area contributed by atoms with Crippen molar-refractivity contribution in [1.82, 2.24) is 9.80 Å². The molecule has 4 heteroatoms. The molecular formula is C15H24N4. The van der Waals surface area contributed by atoms with Crippen LogP contribution in [0.1, 0.15) is 24.4 Å². The van der Waals surface area contributed by atoms with Crippen LogP contribution in [0.15, 0.2) is 30.3 Å². The SMILES string of the molecule is CN1CCN(CCCC(=N)N)C(c2ccccc2)C1. The monoisotopic (exact) mass is 260 g/mol. The van der Waals surface area contributed by atoms with Crippen molar-refractivity contribution >= 4 is 5.84 Å². The molecule has 1 aliphatic heterocycles.